The van der Waals surface area contributed by atoms with Crippen LogP contribution in [0.4, 0.5) is 4.39 Å². The Bertz CT molecular complexity index is 537. The maximum atomic E-state index is 13.2. The smallest absolute Gasteiger partial charge is 0.263 e. The molecular weight excluding hydrogens is 301 g/mol. The number of rotatable bonds is 3. The van der Waals surface area contributed by atoms with Crippen LogP contribution < -0.4 is 4.74 Å². The SMILES string of the molecule is CC(Oc1cccc(F)c1)C(=O)N1CCSC2CCCCC21. The van der Waals surface area contributed by atoms with Crippen LogP contribution in [0, 0.1) is 5.82 Å². The Hall–Kier alpha value is -1.23. The third-order valence-electron chi connectivity index (χ3n) is 4.47. The first-order valence-electron chi connectivity index (χ1n) is 7.99. The molecule has 2 aliphatic rings. The second-order valence-electron chi connectivity index (χ2n) is 6.01. The topological polar surface area (TPSA) is 29.5 Å². The van der Waals surface area contributed by atoms with Crippen molar-refractivity contribution in [3.63, 3.8) is 0 Å². The molecule has 1 heterocycles. The summed E-state index contributed by atoms with van der Waals surface area (Å²) in [6.07, 6.45) is 4.19. The van der Waals surface area contributed by atoms with E-state index in [9.17, 15) is 9.18 Å². The first kappa shape index (κ1) is 15.7. The highest BCUT2D eigenvalue weighted by molar-refractivity contribution is 8.00. The molecule has 5 heteroatoms. The Labute approximate surface area is 135 Å². The van der Waals surface area contributed by atoms with Crippen molar-refractivity contribution < 1.29 is 13.9 Å². The molecule has 1 aromatic carbocycles. The summed E-state index contributed by atoms with van der Waals surface area (Å²) >= 11 is 2.00. The van der Waals surface area contributed by atoms with Gasteiger partial charge >= 0.3 is 0 Å². The minimum absolute atomic E-state index is 0.0291. The lowest BCUT2D eigenvalue weighted by atomic mass is 9.93. The van der Waals surface area contributed by atoms with E-state index in [4.69, 9.17) is 4.74 Å². The van der Waals surface area contributed by atoms with Crippen LogP contribution >= 0.6 is 11.8 Å². The average molecular weight is 323 g/mol. The molecule has 1 aromatic rings. The molecule has 120 valence electrons. The molecule has 3 atom stereocenters. The van der Waals surface area contributed by atoms with Crippen LogP contribution in [0.5, 0.6) is 5.75 Å². The molecule has 1 aliphatic heterocycles. The number of thioether (sulfide) groups is 1. The molecule has 22 heavy (non-hydrogen) atoms. The maximum absolute atomic E-state index is 13.2. The van der Waals surface area contributed by atoms with Crippen molar-refractivity contribution in [1.29, 1.82) is 0 Å². The van der Waals surface area contributed by atoms with E-state index in [0.29, 0.717) is 17.0 Å². The van der Waals surface area contributed by atoms with Gasteiger partial charge in [-0.1, -0.05) is 18.9 Å². The molecule has 3 unspecified atom stereocenters. The first-order valence-corrected chi connectivity index (χ1v) is 9.04. The summed E-state index contributed by atoms with van der Waals surface area (Å²) in [7, 11) is 0. The number of hydrogen-bond donors (Lipinski definition) is 0. The lowest BCUT2D eigenvalue weighted by molar-refractivity contribution is -0.140. The molecule has 3 nitrogen and oxygen atoms in total. The number of carbonyl (C=O) groups is 1. The molecule has 0 bridgehead atoms. The Balaban J connectivity index is 1.66. The first-order chi connectivity index (χ1) is 10.6. The van der Waals surface area contributed by atoms with Crippen molar-refractivity contribution in [1.82, 2.24) is 4.90 Å². The van der Waals surface area contributed by atoms with E-state index in [-0.39, 0.29) is 11.7 Å². The van der Waals surface area contributed by atoms with E-state index < -0.39 is 6.10 Å². The van der Waals surface area contributed by atoms with E-state index in [1.807, 2.05) is 16.7 Å². The van der Waals surface area contributed by atoms with Gasteiger partial charge in [0.1, 0.15) is 11.6 Å². The summed E-state index contributed by atoms with van der Waals surface area (Å²) in [4.78, 5) is 14.7. The van der Waals surface area contributed by atoms with Gasteiger partial charge in [0.2, 0.25) is 0 Å². The van der Waals surface area contributed by atoms with Crippen molar-refractivity contribution in [2.45, 2.75) is 50.0 Å². The lowest BCUT2D eigenvalue weighted by Crippen LogP contribution is -2.54. The summed E-state index contributed by atoms with van der Waals surface area (Å²) in [6, 6.07) is 6.31. The fourth-order valence-corrected chi connectivity index (χ4v) is 4.84. The third-order valence-corrected chi connectivity index (χ3v) is 5.87. The Morgan fingerprint density at radius 1 is 1.41 bits per heavy atom. The molecule has 2 fully saturated rings. The van der Waals surface area contributed by atoms with Crippen LogP contribution in [0.1, 0.15) is 32.6 Å². The van der Waals surface area contributed by atoms with Gasteiger partial charge in [0.15, 0.2) is 6.10 Å². The van der Waals surface area contributed by atoms with E-state index in [0.717, 1.165) is 18.7 Å². The molecule has 0 radical (unpaired) electrons. The predicted octanol–water partition coefficient (Wildman–Crippen LogP) is 3.48. The van der Waals surface area contributed by atoms with Crippen LogP contribution in [0.3, 0.4) is 0 Å². The minimum Gasteiger partial charge on any atom is -0.481 e. The summed E-state index contributed by atoms with van der Waals surface area (Å²) in [5.74, 6) is 1.09. The van der Waals surface area contributed by atoms with E-state index in [1.54, 1.807) is 19.1 Å². The fraction of sp³-hybridized carbons (Fsp3) is 0.588. The molecule has 0 N–H and O–H groups in total. The van der Waals surface area contributed by atoms with Gasteiger partial charge in [-0.2, -0.15) is 11.8 Å². The Morgan fingerprint density at radius 3 is 3.05 bits per heavy atom. The van der Waals surface area contributed by atoms with Gasteiger partial charge in [0.25, 0.3) is 5.91 Å². The molecule has 1 saturated heterocycles. The van der Waals surface area contributed by atoms with Gasteiger partial charge in [-0.15, -0.1) is 0 Å². The number of benzene rings is 1. The number of hydrogen-bond acceptors (Lipinski definition) is 3. The number of fused-ring (bicyclic) bond motifs is 1. The number of amides is 1. The monoisotopic (exact) mass is 323 g/mol. The quantitative estimate of drug-likeness (QED) is 0.853. The van der Waals surface area contributed by atoms with Gasteiger partial charge in [-0.3, -0.25) is 4.79 Å². The highest BCUT2D eigenvalue weighted by atomic mass is 32.2. The van der Waals surface area contributed by atoms with Gasteiger partial charge in [0, 0.05) is 29.7 Å². The van der Waals surface area contributed by atoms with Crippen LogP contribution in [0.15, 0.2) is 24.3 Å². The van der Waals surface area contributed by atoms with Crippen molar-refractivity contribution in [2.24, 2.45) is 0 Å². The zero-order valence-electron chi connectivity index (χ0n) is 12.8. The molecule has 3 rings (SSSR count). The normalized spacial score (nSPS) is 26.2. The Morgan fingerprint density at radius 2 is 2.23 bits per heavy atom. The van der Waals surface area contributed by atoms with Crippen molar-refractivity contribution >= 4 is 17.7 Å². The summed E-state index contributed by atoms with van der Waals surface area (Å²) in [5, 5.41) is 0.577. The largest absolute Gasteiger partial charge is 0.481 e. The highest BCUT2D eigenvalue weighted by Crippen LogP contribution is 2.35. The van der Waals surface area contributed by atoms with Crippen LogP contribution in [-0.4, -0.2) is 40.5 Å². The Kier molecular flexibility index (Phi) is 4.91. The van der Waals surface area contributed by atoms with Gasteiger partial charge in [-0.05, 0) is 31.9 Å². The van der Waals surface area contributed by atoms with Crippen LogP contribution in [-0.2, 0) is 4.79 Å². The summed E-state index contributed by atoms with van der Waals surface area (Å²) in [5.41, 5.74) is 0. The van der Waals surface area contributed by atoms with Gasteiger partial charge < -0.3 is 9.64 Å². The number of nitrogens with zero attached hydrogens (tertiary/aromatic N) is 1. The fourth-order valence-electron chi connectivity index (χ4n) is 3.40. The predicted molar refractivity (Wildman–Crippen MR) is 86.7 cm³/mol. The molecule has 1 saturated carbocycles. The van der Waals surface area contributed by atoms with Crippen LogP contribution in [0.2, 0.25) is 0 Å². The summed E-state index contributed by atoms with van der Waals surface area (Å²) < 4.78 is 18.9. The molecule has 1 amide bonds. The van der Waals surface area contributed by atoms with Crippen molar-refractivity contribution in [3.05, 3.63) is 30.1 Å². The van der Waals surface area contributed by atoms with Crippen molar-refractivity contribution in [3.8, 4) is 5.75 Å². The number of halogens is 1. The molecule has 1 aliphatic carbocycles. The van der Waals surface area contributed by atoms with E-state index in [2.05, 4.69) is 0 Å². The number of ether oxygens (including phenoxy) is 1. The van der Waals surface area contributed by atoms with Gasteiger partial charge in [0.05, 0.1) is 0 Å². The third kappa shape index (κ3) is 3.40. The van der Waals surface area contributed by atoms with Gasteiger partial charge in [-0.25, -0.2) is 4.39 Å². The second kappa shape index (κ2) is 6.90. The standard InChI is InChI=1S/C17H22FNO2S/c1-12(21-14-6-4-5-13(18)11-14)17(20)19-9-10-22-16-8-3-2-7-15(16)19/h4-6,11-12,15-16H,2-3,7-10H2,1H3. The highest BCUT2D eigenvalue weighted by Gasteiger charge is 2.38. The zero-order valence-corrected chi connectivity index (χ0v) is 13.7. The zero-order chi connectivity index (χ0) is 15.5. The summed E-state index contributed by atoms with van der Waals surface area (Å²) in [6.45, 7) is 2.55. The van der Waals surface area contributed by atoms with E-state index in [1.165, 1.54) is 31.4 Å². The van der Waals surface area contributed by atoms with Crippen LogP contribution in [0.25, 0.3) is 0 Å². The molecule has 0 spiro atoms. The maximum Gasteiger partial charge on any atom is 0.263 e. The average Bonchev–Trinajstić information content (AvgIpc) is 2.53. The number of carbonyl (C=O) groups excluding carboxylic acids is 1. The second-order valence-corrected chi connectivity index (χ2v) is 7.36. The molecule has 0 aromatic heterocycles. The lowest BCUT2D eigenvalue weighted by Gasteiger charge is -2.44. The van der Waals surface area contributed by atoms with Crippen molar-refractivity contribution in [2.75, 3.05) is 12.3 Å². The van der Waals surface area contributed by atoms with E-state index >= 15 is 0 Å². The molecular formula is C17H22FNO2S. The minimum atomic E-state index is -0.576.